The first-order valence-corrected chi connectivity index (χ1v) is 20.1. The first-order valence-electron chi connectivity index (χ1n) is 19.0. The lowest BCUT2D eigenvalue weighted by atomic mass is 9.91. The Balaban J connectivity index is 1.34. The van der Waals surface area contributed by atoms with Gasteiger partial charge in [-0.15, -0.1) is 5.11 Å². The van der Waals surface area contributed by atoms with Crippen LogP contribution in [0.15, 0.2) is 95.3 Å². The van der Waals surface area contributed by atoms with E-state index in [9.17, 15) is 57.1 Å². The van der Waals surface area contributed by atoms with Crippen LogP contribution in [0.3, 0.4) is 0 Å². The lowest BCUT2D eigenvalue weighted by Crippen LogP contribution is -2.70. The van der Waals surface area contributed by atoms with Crippen molar-refractivity contribution >= 4 is 52.6 Å². The van der Waals surface area contributed by atoms with Gasteiger partial charge >= 0.3 is 35.8 Å². The zero-order chi connectivity index (χ0) is 45.4. The molecule has 61 heavy (non-hydrogen) atoms. The quantitative estimate of drug-likeness (QED) is 0.0302. The highest BCUT2D eigenvalue weighted by Crippen LogP contribution is 2.60. The first-order chi connectivity index (χ1) is 28.4. The number of alkyl halides is 13. The molecule has 0 heterocycles. The van der Waals surface area contributed by atoms with Gasteiger partial charge in [-0.2, -0.15) is 57.1 Å². The summed E-state index contributed by atoms with van der Waals surface area (Å²) >= 11 is 2.38. The number of hydrogen-bond acceptors (Lipinski definition) is 2. The highest BCUT2D eigenvalue weighted by Gasteiger charge is 2.90. The van der Waals surface area contributed by atoms with Crippen molar-refractivity contribution in [3.8, 4) is 0 Å². The van der Waals surface area contributed by atoms with Gasteiger partial charge in [0.1, 0.15) is 0 Å². The number of halogens is 14. The Bertz CT molecular complexity index is 2150. The molecule has 0 spiro atoms. The third-order valence-electron chi connectivity index (χ3n) is 9.71. The molecule has 0 bridgehead atoms. The summed E-state index contributed by atoms with van der Waals surface area (Å²) < 4.78 is 176. The van der Waals surface area contributed by atoms with E-state index in [4.69, 9.17) is 0 Å². The van der Waals surface area contributed by atoms with Crippen LogP contribution in [-0.2, 0) is 25.8 Å². The van der Waals surface area contributed by atoms with Crippen LogP contribution in [0.2, 0.25) is 0 Å². The average Bonchev–Trinajstić information content (AvgIpc) is 3.21. The van der Waals surface area contributed by atoms with Crippen molar-refractivity contribution in [2.75, 3.05) is 6.54 Å². The predicted molar refractivity (Wildman–Crippen MR) is 219 cm³/mol. The van der Waals surface area contributed by atoms with E-state index in [-0.39, 0.29) is 12.1 Å². The minimum absolute atomic E-state index is 0.126. The molecule has 4 aromatic carbocycles. The summed E-state index contributed by atoms with van der Waals surface area (Å²) in [5.74, 6) is -36.9. The molecule has 0 atom stereocenters. The molecule has 0 aliphatic heterocycles. The molecule has 0 aliphatic rings. The van der Waals surface area contributed by atoms with Gasteiger partial charge in [0.15, 0.2) is 0 Å². The van der Waals surface area contributed by atoms with E-state index in [2.05, 4.69) is 71.1 Å². The summed E-state index contributed by atoms with van der Waals surface area (Å²) in [5.41, 5.74) is 7.69. The summed E-state index contributed by atoms with van der Waals surface area (Å²) in [4.78, 5) is 0. The SMILES string of the molecule is CCCN(Cc1ccc(CCC(F)(F)C(F)(F)C(F)(F)C(F)(F)C(F)(F)C(F)(F)F)cc1)N=Nc1ccc(/C=C/c2ccc(/C=C/c3cc(CC)c(I)cc3CC)cc2)cc1. The number of benzene rings is 4. The Morgan fingerprint density at radius 3 is 1.52 bits per heavy atom. The van der Waals surface area contributed by atoms with E-state index in [1.807, 2.05) is 55.5 Å². The standard InChI is InChI=1S/C44H41F13IN3/c1-4-25-61(28-33-15-13-32(14-16-33)23-24-39(45,46)40(47,48)41(49,50)42(51,52)43(53,54)44(55,56)57)60-59-37-21-18-31(19-22-37)12-9-29-7-10-30(11-8-29)17-20-36-26-35(6-3)38(58)27-34(36)5-2/h7-22,26-27H,4-6,23-25,28H2,1-3H3/b12-9+,20-17+,60-59?. The Hall–Kier alpha value is -4.42. The van der Waals surface area contributed by atoms with E-state index in [0.29, 0.717) is 24.2 Å². The van der Waals surface area contributed by atoms with Gasteiger partial charge in [-0.3, -0.25) is 5.01 Å². The molecule has 0 aromatic heterocycles. The molecule has 4 aromatic rings. The lowest BCUT2D eigenvalue weighted by molar-refractivity contribution is -0.440. The number of rotatable bonds is 19. The maximum atomic E-state index is 14.3. The largest absolute Gasteiger partial charge is 0.460 e. The highest BCUT2D eigenvalue weighted by molar-refractivity contribution is 14.1. The van der Waals surface area contributed by atoms with Crippen LogP contribution >= 0.6 is 22.6 Å². The summed E-state index contributed by atoms with van der Waals surface area (Å²) in [5, 5.41) is 10.1. The summed E-state index contributed by atoms with van der Waals surface area (Å²) in [7, 11) is 0. The fourth-order valence-corrected chi connectivity index (χ4v) is 6.88. The van der Waals surface area contributed by atoms with Crippen LogP contribution in [0.5, 0.6) is 0 Å². The Morgan fingerprint density at radius 2 is 1.03 bits per heavy atom. The predicted octanol–water partition coefficient (Wildman–Crippen LogP) is 15.3. The molecule has 4 rings (SSSR count). The van der Waals surface area contributed by atoms with Crippen molar-refractivity contribution in [2.45, 2.75) is 95.2 Å². The number of aryl methyl sites for hydroxylation is 3. The van der Waals surface area contributed by atoms with Gasteiger partial charge in [0.25, 0.3) is 0 Å². The molecule has 0 aliphatic carbocycles. The van der Waals surface area contributed by atoms with Crippen LogP contribution < -0.4 is 0 Å². The van der Waals surface area contributed by atoms with Gasteiger partial charge in [-0.05, 0) is 111 Å². The lowest BCUT2D eigenvalue weighted by Gasteiger charge is -2.39. The Kier molecular flexibility index (Phi) is 15.9. The molecular formula is C44H41F13IN3. The molecule has 17 heteroatoms. The van der Waals surface area contributed by atoms with Crippen molar-refractivity contribution in [3.05, 3.63) is 133 Å². The topological polar surface area (TPSA) is 28.0 Å². The third kappa shape index (κ3) is 11.3. The van der Waals surface area contributed by atoms with Gasteiger partial charge in [-0.25, -0.2) is 0 Å². The van der Waals surface area contributed by atoms with E-state index < -0.39 is 48.6 Å². The monoisotopic (exact) mass is 985 g/mol. The Labute approximate surface area is 358 Å². The van der Waals surface area contributed by atoms with Gasteiger partial charge in [-0.1, -0.05) is 117 Å². The average molecular weight is 986 g/mol. The minimum atomic E-state index is -7.91. The third-order valence-corrected chi connectivity index (χ3v) is 10.7. The molecular weight excluding hydrogens is 944 g/mol. The van der Waals surface area contributed by atoms with Gasteiger partial charge < -0.3 is 0 Å². The van der Waals surface area contributed by atoms with Crippen LogP contribution in [-0.4, -0.2) is 47.3 Å². The van der Waals surface area contributed by atoms with E-state index >= 15 is 0 Å². The van der Waals surface area contributed by atoms with Crippen molar-refractivity contribution in [2.24, 2.45) is 10.3 Å². The maximum absolute atomic E-state index is 14.3. The van der Waals surface area contributed by atoms with Crippen molar-refractivity contribution in [1.82, 2.24) is 5.01 Å². The fourth-order valence-electron chi connectivity index (χ4n) is 5.97. The molecule has 0 saturated carbocycles. The number of nitrogens with zero attached hydrogens (tertiary/aromatic N) is 3. The summed E-state index contributed by atoms with van der Waals surface area (Å²) in [6, 6.07) is 24.9. The number of hydrogen-bond donors (Lipinski definition) is 0. The van der Waals surface area contributed by atoms with Crippen LogP contribution in [0.1, 0.15) is 78.1 Å². The summed E-state index contributed by atoms with van der Waals surface area (Å²) in [6.07, 6.45) is -0.152. The van der Waals surface area contributed by atoms with Crippen molar-refractivity contribution in [3.63, 3.8) is 0 Å². The van der Waals surface area contributed by atoms with Crippen LogP contribution in [0, 0.1) is 3.57 Å². The zero-order valence-electron chi connectivity index (χ0n) is 33.0. The molecule has 0 unspecified atom stereocenters. The second-order valence-corrected chi connectivity index (χ2v) is 15.3. The smallest absolute Gasteiger partial charge is 0.274 e. The van der Waals surface area contributed by atoms with E-state index in [0.717, 1.165) is 41.7 Å². The second-order valence-electron chi connectivity index (χ2n) is 14.2. The Morgan fingerprint density at radius 1 is 0.557 bits per heavy atom. The van der Waals surface area contributed by atoms with Crippen LogP contribution in [0.25, 0.3) is 24.3 Å². The molecule has 0 saturated heterocycles. The van der Waals surface area contributed by atoms with Crippen molar-refractivity contribution in [1.29, 1.82) is 0 Å². The maximum Gasteiger partial charge on any atom is 0.460 e. The molecule has 0 fully saturated rings. The van der Waals surface area contributed by atoms with Crippen LogP contribution in [0.4, 0.5) is 62.8 Å². The second kappa shape index (κ2) is 19.7. The van der Waals surface area contributed by atoms with Gasteiger partial charge in [0.2, 0.25) is 0 Å². The molecule has 0 N–H and O–H groups in total. The normalized spacial score (nSPS) is 13.6. The molecule has 330 valence electrons. The minimum Gasteiger partial charge on any atom is -0.274 e. The first kappa shape index (κ1) is 49.2. The summed E-state index contributed by atoms with van der Waals surface area (Å²) in [6.45, 7) is 6.70. The highest BCUT2D eigenvalue weighted by atomic mass is 127. The van der Waals surface area contributed by atoms with E-state index in [1.165, 1.54) is 32.4 Å². The molecule has 0 amide bonds. The van der Waals surface area contributed by atoms with Crippen molar-refractivity contribution < 1.29 is 57.1 Å². The zero-order valence-corrected chi connectivity index (χ0v) is 35.1. The van der Waals surface area contributed by atoms with E-state index in [1.54, 1.807) is 17.1 Å². The fraction of sp³-hybridized carbons (Fsp3) is 0.364. The van der Waals surface area contributed by atoms with Gasteiger partial charge in [0.05, 0.1) is 12.2 Å². The molecule has 0 radical (unpaired) electrons. The van der Waals surface area contributed by atoms with Gasteiger partial charge in [0, 0.05) is 16.5 Å². The molecule has 3 nitrogen and oxygen atoms in total.